The molecular weight excluding hydrogens is 199 g/mol. The molecule has 0 rings (SSSR count). The number of rotatable bonds is 4. The molecule has 0 amide bonds. The van der Waals surface area contributed by atoms with Gasteiger partial charge in [-0.05, 0) is 6.92 Å². The van der Waals surface area contributed by atoms with Gasteiger partial charge in [-0.2, -0.15) is 22.0 Å². The monoisotopic (exact) mass is 208 g/mol. The van der Waals surface area contributed by atoms with Crippen molar-refractivity contribution >= 4 is 0 Å². The summed E-state index contributed by atoms with van der Waals surface area (Å²) in [6.07, 6.45) is -7.92. The van der Waals surface area contributed by atoms with Gasteiger partial charge in [0.25, 0.3) is 0 Å². The second-order valence-corrected chi connectivity index (χ2v) is 2.36. The van der Waals surface area contributed by atoms with Gasteiger partial charge in [0.1, 0.15) is 6.10 Å². The summed E-state index contributed by atoms with van der Waals surface area (Å²) in [7, 11) is 0. The molecular formula is C6H9F5O2. The first kappa shape index (κ1) is 12.6. The van der Waals surface area contributed by atoms with Crippen LogP contribution in [0.1, 0.15) is 6.92 Å². The minimum atomic E-state index is -5.62. The predicted molar refractivity (Wildman–Crippen MR) is 33.5 cm³/mol. The Kier molecular flexibility index (Phi) is 4.05. The van der Waals surface area contributed by atoms with E-state index in [-0.39, 0.29) is 0 Å². The van der Waals surface area contributed by atoms with E-state index in [0.29, 0.717) is 6.92 Å². The molecule has 1 atom stereocenters. The SMILES string of the molecule is CC(OCCO)C(F)(F)C(F)(F)F. The maximum atomic E-state index is 12.3. The van der Waals surface area contributed by atoms with E-state index in [2.05, 4.69) is 4.74 Å². The predicted octanol–water partition coefficient (Wildman–Crippen LogP) is 1.58. The second kappa shape index (κ2) is 4.19. The Morgan fingerprint density at radius 3 is 2.00 bits per heavy atom. The highest BCUT2D eigenvalue weighted by atomic mass is 19.4. The van der Waals surface area contributed by atoms with E-state index in [1.54, 1.807) is 0 Å². The second-order valence-electron chi connectivity index (χ2n) is 2.36. The fraction of sp³-hybridized carbons (Fsp3) is 1.00. The Morgan fingerprint density at radius 1 is 1.23 bits per heavy atom. The van der Waals surface area contributed by atoms with E-state index >= 15 is 0 Å². The van der Waals surface area contributed by atoms with Gasteiger partial charge in [-0.3, -0.25) is 0 Å². The molecule has 0 aromatic rings. The van der Waals surface area contributed by atoms with Crippen LogP contribution in [0.4, 0.5) is 22.0 Å². The third kappa shape index (κ3) is 3.07. The molecule has 1 unspecified atom stereocenters. The smallest absolute Gasteiger partial charge is 0.394 e. The van der Waals surface area contributed by atoms with Gasteiger partial charge in [0, 0.05) is 0 Å². The van der Waals surface area contributed by atoms with Crippen molar-refractivity contribution in [3.8, 4) is 0 Å². The molecule has 1 N–H and O–H groups in total. The molecule has 7 heteroatoms. The number of ether oxygens (including phenoxy) is 1. The topological polar surface area (TPSA) is 29.5 Å². The van der Waals surface area contributed by atoms with Gasteiger partial charge in [-0.25, -0.2) is 0 Å². The Hall–Kier alpha value is -0.430. The van der Waals surface area contributed by atoms with E-state index < -0.39 is 31.4 Å². The molecule has 0 aliphatic heterocycles. The Balaban J connectivity index is 4.27. The van der Waals surface area contributed by atoms with Gasteiger partial charge in [0.2, 0.25) is 0 Å². The maximum Gasteiger partial charge on any atom is 0.456 e. The van der Waals surface area contributed by atoms with E-state index in [4.69, 9.17) is 5.11 Å². The summed E-state index contributed by atoms with van der Waals surface area (Å²) in [6, 6.07) is 0. The number of halogens is 5. The van der Waals surface area contributed by atoms with Crippen molar-refractivity contribution in [1.82, 2.24) is 0 Å². The van der Waals surface area contributed by atoms with Gasteiger partial charge in [-0.1, -0.05) is 0 Å². The van der Waals surface area contributed by atoms with Crippen molar-refractivity contribution in [2.24, 2.45) is 0 Å². The van der Waals surface area contributed by atoms with Crippen LogP contribution in [0.3, 0.4) is 0 Å². The number of hydrogen-bond donors (Lipinski definition) is 1. The van der Waals surface area contributed by atoms with Crippen LogP contribution in [0.15, 0.2) is 0 Å². The summed E-state index contributed by atoms with van der Waals surface area (Å²) < 4.78 is 63.6. The zero-order valence-corrected chi connectivity index (χ0v) is 6.74. The quantitative estimate of drug-likeness (QED) is 0.711. The van der Waals surface area contributed by atoms with Crippen LogP contribution >= 0.6 is 0 Å². The average molecular weight is 208 g/mol. The Morgan fingerprint density at radius 2 is 1.69 bits per heavy atom. The lowest BCUT2D eigenvalue weighted by molar-refractivity contribution is -0.316. The summed E-state index contributed by atoms with van der Waals surface area (Å²) in [5.41, 5.74) is 0. The van der Waals surface area contributed by atoms with Crippen molar-refractivity contribution in [2.75, 3.05) is 13.2 Å². The lowest BCUT2D eigenvalue weighted by Crippen LogP contribution is -2.47. The molecule has 0 aromatic carbocycles. The summed E-state index contributed by atoms with van der Waals surface area (Å²) >= 11 is 0. The summed E-state index contributed by atoms with van der Waals surface area (Å²) in [5, 5.41) is 8.13. The molecule has 0 fully saturated rings. The molecule has 0 saturated carbocycles. The summed E-state index contributed by atoms with van der Waals surface area (Å²) in [6.45, 7) is -0.547. The number of aliphatic hydroxyl groups excluding tert-OH is 1. The molecule has 0 heterocycles. The third-order valence-corrected chi connectivity index (χ3v) is 1.35. The standard InChI is InChI=1S/C6H9F5O2/c1-4(13-3-2-12)5(7,8)6(9,10)11/h4,12H,2-3H2,1H3. The fourth-order valence-corrected chi connectivity index (χ4v) is 0.565. The van der Waals surface area contributed by atoms with Crippen LogP contribution in [0.5, 0.6) is 0 Å². The number of aliphatic hydroxyl groups is 1. The Labute approximate surface area is 71.3 Å². The first-order valence-corrected chi connectivity index (χ1v) is 3.40. The van der Waals surface area contributed by atoms with Crippen LogP contribution in [0.2, 0.25) is 0 Å². The molecule has 0 aliphatic carbocycles. The van der Waals surface area contributed by atoms with E-state index in [1.807, 2.05) is 0 Å². The average Bonchev–Trinajstić information content (AvgIpc) is 1.97. The molecule has 0 aliphatic rings. The highest BCUT2D eigenvalue weighted by Gasteiger charge is 2.61. The number of alkyl halides is 5. The van der Waals surface area contributed by atoms with Gasteiger partial charge < -0.3 is 9.84 Å². The van der Waals surface area contributed by atoms with Crippen LogP contribution in [0.25, 0.3) is 0 Å². The van der Waals surface area contributed by atoms with E-state index in [9.17, 15) is 22.0 Å². The van der Waals surface area contributed by atoms with Crippen molar-refractivity contribution < 1.29 is 31.8 Å². The summed E-state index contributed by atoms with van der Waals surface area (Å²) in [4.78, 5) is 0. The third-order valence-electron chi connectivity index (χ3n) is 1.35. The number of hydrogen-bond acceptors (Lipinski definition) is 2. The zero-order valence-electron chi connectivity index (χ0n) is 6.74. The molecule has 0 bridgehead atoms. The van der Waals surface area contributed by atoms with Crippen LogP contribution in [0, 0.1) is 0 Å². The van der Waals surface area contributed by atoms with Crippen molar-refractivity contribution in [3.05, 3.63) is 0 Å². The molecule has 80 valence electrons. The summed E-state index contributed by atoms with van der Waals surface area (Å²) in [5.74, 6) is -4.89. The van der Waals surface area contributed by atoms with Crippen molar-refractivity contribution in [3.63, 3.8) is 0 Å². The highest BCUT2D eigenvalue weighted by molar-refractivity contribution is 4.82. The minimum absolute atomic E-state index is 0.549. The van der Waals surface area contributed by atoms with Crippen molar-refractivity contribution in [2.45, 2.75) is 25.1 Å². The Bertz CT molecular complexity index is 156. The van der Waals surface area contributed by atoms with Gasteiger partial charge in [0.15, 0.2) is 0 Å². The first-order chi connectivity index (χ1) is 5.73. The molecule has 2 nitrogen and oxygen atoms in total. The van der Waals surface area contributed by atoms with Crippen molar-refractivity contribution in [1.29, 1.82) is 0 Å². The molecule has 0 saturated heterocycles. The normalized spacial score (nSPS) is 15.9. The highest BCUT2D eigenvalue weighted by Crippen LogP contribution is 2.38. The lowest BCUT2D eigenvalue weighted by Gasteiger charge is -2.25. The van der Waals surface area contributed by atoms with Crippen LogP contribution in [-0.4, -0.2) is 36.5 Å². The molecule has 0 aromatic heterocycles. The maximum absolute atomic E-state index is 12.3. The fourth-order valence-electron chi connectivity index (χ4n) is 0.565. The van der Waals surface area contributed by atoms with Crippen LogP contribution in [-0.2, 0) is 4.74 Å². The van der Waals surface area contributed by atoms with Gasteiger partial charge in [0.05, 0.1) is 13.2 Å². The van der Waals surface area contributed by atoms with Crippen LogP contribution < -0.4 is 0 Å². The molecule has 0 radical (unpaired) electrons. The lowest BCUT2D eigenvalue weighted by atomic mass is 10.2. The first-order valence-electron chi connectivity index (χ1n) is 3.40. The van der Waals surface area contributed by atoms with Gasteiger partial charge >= 0.3 is 12.1 Å². The zero-order chi connectivity index (χ0) is 10.7. The molecule has 0 spiro atoms. The molecule has 13 heavy (non-hydrogen) atoms. The minimum Gasteiger partial charge on any atom is -0.394 e. The van der Waals surface area contributed by atoms with Gasteiger partial charge in [-0.15, -0.1) is 0 Å². The van der Waals surface area contributed by atoms with E-state index in [0.717, 1.165) is 0 Å². The van der Waals surface area contributed by atoms with E-state index in [1.165, 1.54) is 0 Å². The largest absolute Gasteiger partial charge is 0.456 e.